The van der Waals surface area contributed by atoms with Gasteiger partial charge in [0.2, 0.25) is 0 Å². The molecule has 2 N–H and O–H groups in total. The van der Waals surface area contributed by atoms with Crippen LogP contribution in [0.5, 0.6) is 0 Å². The van der Waals surface area contributed by atoms with Crippen LogP contribution in [0.4, 0.5) is 13.2 Å². The lowest BCUT2D eigenvalue weighted by Gasteiger charge is -2.39. The third kappa shape index (κ3) is 5.03. The second-order valence-electron chi connectivity index (χ2n) is 11.2. The van der Waals surface area contributed by atoms with E-state index >= 15 is 0 Å². The molecule has 9 heteroatoms. The predicted molar refractivity (Wildman–Crippen MR) is 145 cm³/mol. The van der Waals surface area contributed by atoms with Crippen molar-refractivity contribution < 1.29 is 27.6 Å². The van der Waals surface area contributed by atoms with Crippen molar-refractivity contribution in [1.29, 1.82) is 0 Å². The number of fused-ring (bicyclic) bond motifs is 3. The minimum absolute atomic E-state index is 0.0767. The summed E-state index contributed by atoms with van der Waals surface area (Å²) < 4.78 is 42.5. The maximum atomic E-state index is 14.7. The number of primary amides is 1. The van der Waals surface area contributed by atoms with Gasteiger partial charge in [0.05, 0.1) is 17.7 Å². The largest absolute Gasteiger partial charge is 0.365 e. The molecule has 0 unspecified atom stereocenters. The molecule has 0 saturated carbocycles. The Labute approximate surface area is 235 Å². The summed E-state index contributed by atoms with van der Waals surface area (Å²) in [5, 5.41) is 0. The Morgan fingerprint density at radius 3 is 2.07 bits per heavy atom. The van der Waals surface area contributed by atoms with Crippen molar-refractivity contribution in [2.75, 3.05) is 0 Å². The molecule has 1 radical (unpaired) electrons. The normalized spacial score (nSPS) is 21.9. The van der Waals surface area contributed by atoms with Gasteiger partial charge in [-0.2, -0.15) is 0 Å². The van der Waals surface area contributed by atoms with Gasteiger partial charge in [-0.05, 0) is 79.3 Å². The molecule has 41 heavy (non-hydrogen) atoms. The standard InChI is InChI=1S/C32H29F3N3O3/c33-26-15-21(28(34)27(29(26)35)30(36)39)9-8-18-13-22-10-11-23(14-18)37(22)16-19-4-3-5-20(12-19)17-38-31(40)24-6-1-2-7-25(24)32(38)41/h1-8,12,15,18,22-23H,9-11,13-14,16-17H2,(H2,36,39)/t18-,22-,23+. The number of amides is 3. The Kier molecular flexibility index (Phi) is 7.15. The Morgan fingerprint density at radius 2 is 1.46 bits per heavy atom. The fourth-order valence-corrected chi connectivity index (χ4v) is 6.68. The molecule has 2 saturated heterocycles. The molecule has 3 atom stereocenters. The quantitative estimate of drug-likeness (QED) is 0.304. The molecule has 3 heterocycles. The van der Waals surface area contributed by atoms with Gasteiger partial charge >= 0.3 is 0 Å². The summed E-state index contributed by atoms with van der Waals surface area (Å²) >= 11 is 0. The van der Waals surface area contributed by atoms with Gasteiger partial charge in [-0.1, -0.05) is 36.4 Å². The highest BCUT2D eigenvalue weighted by molar-refractivity contribution is 6.21. The van der Waals surface area contributed by atoms with Gasteiger partial charge in [-0.15, -0.1) is 0 Å². The van der Waals surface area contributed by atoms with Crippen LogP contribution in [0, 0.1) is 29.8 Å². The van der Waals surface area contributed by atoms with E-state index in [1.54, 1.807) is 24.3 Å². The van der Waals surface area contributed by atoms with E-state index in [2.05, 4.69) is 4.90 Å². The fourth-order valence-electron chi connectivity index (χ4n) is 6.68. The molecule has 3 aromatic rings. The second-order valence-corrected chi connectivity index (χ2v) is 11.2. The van der Waals surface area contributed by atoms with E-state index in [9.17, 15) is 27.6 Å². The van der Waals surface area contributed by atoms with Crippen molar-refractivity contribution in [3.63, 3.8) is 0 Å². The van der Waals surface area contributed by atoms with Gasteiger partial charge in [-0.3, -0.25) is 24.2 Å². The summed E-state index contributed by atoms with van der Waals surface area (Å²) in [7, 11) is 0. The molecule has 2 bridgehead atoms. The number of benzene rings is 3. The molecule has 3 aliphatic rings. The molecule has 2 fully saturated rings. The zero-order valence-electron chi connectivity index (χ0n) is 22.3. The Bertz CT molecular complexity index is 1510. The highest BCUT2D eigenvalue weighted by atomic mass is 19.2. The first-order valence-corrected chi connectivity index (χ1v) is 13.8. The van der Waals surface area contributed by atoms with Gasteiger partial charge < -0.3 is 5.73 Å². The lowest BCUT2D eigenvalue weighted by Crippen LogP contribution is -2.42. The average Bonchev–Trinajstić information content (AvgIpc) is 3.32. The monoisotopic (exact) mass is 560 g/mol. The molecule has 0 aliphatic carbocycles. The number of carbonyl (C=O) groups excluding carboxylic acids is 3. The van der Waals surface area contributed by atoms with Crippen LogP contribution in [0.25, 0.3) is 0 Å². The number of hydrogen-bond acceptors (Lipinski definition) is 4. The summed E-state index contributed by atoms with van der Waals surface area (Å²) in [5.41, 5.74) is 6.80. The van der Waals surface area contributed by atoms with E-state index in [1.165, 1.54) is 4.90 Å². The summed E-state index contributed by atoms with van der Waals surface area (Å²) in [6.07, 6.45) is 5.81. The maximum absolute atomic E-state index is 14.7. The highest BCUT2D eigenvalue weighted by Crippen LogP contribution is 2.41. The molecule has 3 aromatic carbocycles. The number of imide groups is 1. The molecule has 6 rings (SSSR count). The van der Waals surface area contributed by atoms with Gasteiger partial charge in [0.1, 0.15) is 11.4 Å². The van der Waals surface area contributed by atoms with Crippen molar-refractivity contribution in [3.8, 4) is 0 Å². The number of rotatable bonds is 8. The van der Waals surface area contributed by atoms with Crippen LogP contribution in [0.1, 0.15) is 73.4 Å². The Hall–Kier alpha value is -3.98. The first-order valence-electron chi connectivity index (χ1n) is 13.8. The SMILES string of the molecule is NC(=O)c1c(F)c(F)cc(C[CH][C@@H]2C[C@H]3CC[C@@H](C2)N3Cc2cccc(CN3C(=O)c4ccccc4C3=O)c2)c1F. The third-order valence-electron chi connectivity index (χ3n) is 8.65. The van der Waals surface area contributed by atoms with Crippen LogP contribution in [-0.4, -0.2) is 39.6 Å². The van der Waals surface area contributed by atoms with E-state index in [1.807, 2.05) is 30.7 Å². The van der Waals surface area contributed by atoms with E-state index < -0.39 is 28.9 Å². The zero-order valence-corrected chi connectivity index (χ0v) is 22.3. The van der Waals surface area contributed by atoms with Crippen LogP contribution in [0.3, 0.4) is 0 Å². The average molecular weight is 561 g/mol. The van der Waals surface area contributed by atoms with Crippen LogP contribution < -0.4 is 5.73 Å². The Balaban J connectivity index is 1.09. The van der Waals surface area contributed by atoms with Crippen molar-refractivity contribution in [3.05, 3.63) is 112 Å². The van der Waals surface area contributed by atoms with Crippen LogP contribution >= 0.6 is 0 Å². The smallest absolute Gasteiger partial charge is 0.261 e. The van der Waals surface area contributed by atoms with E-state index in [0.29, 0.717) is 23.2 Å². The first-order chi connectivity index (χ1) is 19.7. The molecular formula is C32H29F3N3O3. The molecule has 3 amide bonds. The minimum Gasteiger partial charge on any atom is -0.365 e. The number of nitrogens with zero attached hydrogens (tertiary/aromatic N) is 2. The Morgan fingerprint density at radius 1 is 0.854 bits per heavy atom. The number of nitrogens with two attached hydrogens (primary N) is 1. The zero-order chi connectivity index (χ0) is 28.8. The summed E-state index contributed by atoms with van der Waals surface area (Å²) in [5.74, 6) is -5.66. The minimum atomic E-state index is -1.56. The molecule has 3 aliphatic heterocycles. The van der Waals surface area contributed by atoms with Gasteiger partial charge in [0.25, 0.3) is 17.7 Å². The fraction of sp³-hybridized carbons (Fsp3) is 0.312. The molecule has 6 nitrogen and oxygen atoms in total. The summed E-state index contributed by atoms with van der Waals surface area (Å²) in [6.45, 7) is 0.944. The van der Waals surface area contributed by atoms with Crippen molar-refractivity contribution in [2.24, 2.45) is 11.7 Å². The lowest BCUT2D eigenvalue weighted by atomic mass is 9.85. The van der Waals surface area contributed by atoms with E-state index in [0.717, 1.165) is 49.4 Å². The number of piperidine rings is 1. The summed E-state index contributed by atoms with van der Waals surface area (Å²) in [4.78, 5) is 40.8. The molecular weight excluding hydrogens is 531 g/mol. The van der Waals surface area contributed by atoms with Crippen molar-refractivity contribution >= 4 is 17.7 Å². The van der Waals surface area contributed by atoms with Crippen molar-refractivity contribution in [1.82, 2.24) is 9.80 Å². The second kappa shape index (κ2) is 10.8. The lowest BCUT2D eigenvalue weighted by molar-refractivity contribution is 0.0641. The van der Waals surface area contributed by atoms with Crippen LogP contribution in [0.2, 0.25) is 0 Å². The first kappa shape index (κ1) is 27.2. The number of carbonyl (C=O) groups is 3. The van der Waals surface area contributed by atoms with Crippen LogP contribution in [-0.2, 0) is 19.5 Å². The predicted octanol–water partition coefficient (Wildman–Crippen LogP) is 5.19. The molecule has 0 spiro atoms. The summed E-state index contributed by atoms with van der Waals surface area (Å²) in [6, 6.07) is 16.3. The molecule has 211 valence electrons. The van der Waals surface area contributed by atoms with Gasteiger partial charge in [0.15, 0.2) is 11.6 Å². The topological polar surface area (TPSA) is 83.7 Å². The third-order valence-corrected chi connectivity index (χ3v) is 8.65. The highest BCUT2D eigenvalue weighted by Gasteiger charge is 2.40. The van der Waals surface area contributed by atoms with E-state index in [-0.39, 0.29) is 36.3 Å². The van der Waals surface area contributed by atoms with Gasteiger partial charge in [-0.25, -0.2) is 13.2 Å². The number of halogens is 3. The molecule has 0 aromatic heterocycles. The van der Waals surface area contributed by atoms with Crippen molar-refractivity contribution in [2.45, 2.75) is 57.3 Å². The maximum Gasteiger partial charge on any atom is 0.261 e. The number of hydrogen-bond donors (Lipinski definition) is 1. The van der Waals surface area contributed by atoms with Crippen LogP contribution in [0.15, 0.2) is 54.6 Å². The van der Waals surface area contributed by atoms with E-state index in [4.69, 9.17) is 5.73 Å². The van der Waals surface area contributed by atoms with Gasteiger partial charge in [0, 0.05) is 18.6 Å².